The highest BCUT2D eigenvalue weighted by Crippen LogP contribution is 2.31. The molecule has 5 rings (SSSR count). The van der Waals surface area contributed by atoms with Gasteiger partial charge in [-0.1, -0.05) is 47.7 Å². The number of benzene rings is 3. The molecule has 1 aliphatic rings. The van der Waals surface area contributed by atoms with E-state index in [9.17, 15) is 14.4 Å². The number of nitrogens with zero attached hydrogens (tertiary/aromatic N) is 2. The molecule has 1 atom stereocenters. The van der Waals surface area contributed by atoms with Crippen molar-refractivity contribution >= 4 is 29.4 Å². The summed E-state index contributed by atoms with van der Waals surface area (Å²) >= 11 is 1.27. The van der Waals surface area contributed by atoms with Crippen LogP contribution in [0.3, 0.4) is 0 Å². The maximum absolute atomic E-state index is 13.9. The van der Waals surface area contributed by atoms with E-state index >= 15 is 0 Å². The average molecular weight is 627 g/mol. The quantitative estimate of drug-likeness (QED) is 0.217. The van der Waals surface area contributed by atoms with Gasteiger partial charge in [0.15, 0.2) is 4.80 Å². The van der Waals surface area contributed by atoms with Crippen molar-refractivity contribution in [3.63, 3.8) is 0 Å². The lowest BCUT2D eigenvalue weighted by molar-refractivity contribution is -0.139. The van der Waals surface area contributed by atoms with Crippen LogP contribution in [0.1, 0.15) is 60.8 Å². The summed E-state index contributed by atoms with van der Waals surface area (Å²) in [6, 6.07) is 21.2. The van der Waals surface area contributed by atoms with E-state index in [0.29, 0.717) is 57.5 Å². The molecular weight excluding hydrogens is 592 g/mol. The molecule has 0 spiro atoms. The zero-order chi connectivity index (χ0) is 31.9. The first-order chi connectivity index (χ1) is 21.8. The topological polar surface area (TPSA) is 105 Å². The number of thiazole rings is 1. The van der Waals surface area contributed by atoms with Gasteiger partial charge in [0.25, 0.3) is 5.56 Å². The van der Waals surface area contributed by atoms with Gasteiger partial charge in [-0.05, 0) is 86.9 Å². The smallest absolute Gasteiger partial charge is 0.338 e. The fraction of sp³-hybridized carbons (Fsp3) is 0.257. The fourth-order valence-electron chi connectivity index (χ4n) is 4.95. The molecule has 1 aromatic heterocycles. The van der Waals surface area contributed by atoms with Crippen LogP contribution in [-0.2, 0) is 20.9 Å². The van der Waals surface area contributed by atoms with Crippen molar-refractivity contribution in [1.82, 2.24) is 4.57 Å². The largest absolute Gasteiger partial charge is 0.494 e. The molecule has 3 aromatic carbocycles. The van der Waals surface area contributed by atoms with Crippen LogP contribution in [0.15, 0.2) is 93.9 Å². The van der Waals surface area contributed by atoms with E-state index in [2.05, 4.69) is 4.99 Å². The number of allylic oxidation sites excluding steroid dienone is 1. The number of fused-ring (bicyclic) bond motifs is 1. The van der Waals surface area contributed by atoms with E-state index in [-0.39, 0.29) is 18.1 Å². The highest BCUT2D eigenvalue weighted by molar-refractivity contribution is 7.07. The van der Waals surface area contributed by atoms with E-state index < -0.39 is 12.0 Å². The predicted octanol–water partition coefficient (Wildman–Crippen LogP) is 4.95. The Labute approximate surface area is 264 Å². The van der Waals surface area contributed by atoms with Crippen molar-refractivity contribution in [2.75, 3.05) is 19.8 Å². The third-order valence-corrected chi connectivity index (χ3v) is 8.06. The van der Waals surface area contributed by atoms with Crippen molar-refractivity contribution in [3.8, 4) is 11.5 Å². The third kappa shape index (κ3) is 7.07. The Morgan fingerprint density at radius 3 is 2.09 bits per heavy atom. The molecule has 0 aliphatic carbocycles. The average Bonchev–Trinajstić information content (AvgIpc) is 3.34. The molecule has 0 fully saturated rings. The molecule has 0 saturated carbocycles. The third-order valence-electron chi connectivity index (χ3n) is 7.07. The molecule has 10 heteroatoms. The number of hydrogen-bond acceptors (Lipinski definition) is 9. The minimum atomic E-state index is -0.694. The van der Waals surface area contributed by atoms with Gasteiger partial charge in [0.05, 0.1) is 47.2 Å². The van der Waals surface area contributed by atoms with Crippen LogP contribution in [0.2, 0.25) is 0 Å². The van der Waals surface area contributed by atoms with E-state index in [4.69, 9.17) is 18.9 Å². The van der Waals surface area contributed by atoms with Crippen LogP contribution in [0.4, 0.5) is 0 Å². The summed E-state index contributed by atoms with van der Waals surface area (Å²) in [6.07, 6.45) is 1.81. The van der Waals surface area contributed by atoms with Crippen molar-refractivity contribution in [2.45, 2.75) is 40.3 Å². The van der Waals surface area contributed by atoms with Crippen molar-refractivity contribution in [3.05, 3.63) is 126 Å². The fourth-order valence-corrected chi connectivity index (χ4v) is 6.00. The minimum absolute atomic E-state index is 0.206. The van der Waals surface area contributed by atoms with Crippen molar-refractivity contribution in [2.24, 2.45) is 4.99 Å². The Balaban J connectivity index is 1.40. The van der Waals surface area contributed by atoms with Gasteiger partial charge >= 0.3 is 11.9 Å². The van der Waals surface area contributed by atoms with Gasteiger partial charge in [0, 0.05) is 0 Å². The molecule has 232 valence electrons. The van der Waals surface area contributed by atoms with Crippen molar-refractivity contribution in [1.29, 1.82) is 0 Å². The summed E-state index contributed by atoms with van der Waals surface area (Å²) in [5.41, 5.74) is 3.56. The van der Waals surface area contributed by atoms with Gasteiger partial charge in [-0.2, -0.15) is 0 Å². The molecular formula is C35H34N2O7S. The molecule has 0 radical (unpaired) electrons. The Hall–Kier alpha value is -4.96. The number of rotatable bonds is 11. The van der Waals surface area contributed by atoms with Crippen LogP contribution in [0.5, 0.6) is 11.5 Å². The van der Waals surface area contributed by atoms with Gasteiger partial charge in [-0.3, -0.25) is 9.36 Å². The Morgan fingerprint density at radius 1 is 0.822 bits per heavy atom. The van der Waals surface area contributed by atoms with E-state index in [1.165, 1.54) is 11.3 Å². The van der Waals surface area contributed by atoms with Gasteiger partial charge in [-0.25, -0.2) is 14.6 Å². The number of hydrogen-bond donors (Lipinski definition) is 0. The normalized spacial score (nSPS) is 14.4. The second-order valence-electron chi connectivity index (χ2n) is 10.1. The van der Waals surface area contributed by atoms with Gasteiger partial charge in [-0.15, -0.1) is 0 Å². The Kier molecular flexibility index (Phi) is 9.94. The molecule has 0 amide bonds. The molecule has 0 saturated heterocycles. The lowest BCUT2D eigenvalue weighted by Crippen LogP contribution is -2.39. The summed E-state index contributed by atoms with van der Waals surface area (Å²) in [6.45, 7) is 8.58. The van der Waals surface area contributed by atoms with Crippen LogP contribution in [-0.4, -0.2) is 36.3 Å². The standard InChI is InChI=1S/C35H34N2O7S/c1-5-41-27-18-14-25(15-19-27)31-30(34(40)43-7-3)22(4)36-35-37(31)32(38)29(45-35)20-23-10-16-28(17-11-23)44-21-24-8-12-26(13-9-24)33(39)42-6-2/h8-20,31H,5-7,21H2,1-4H3/b29-20-/t31-/m1/s1. The van der Waals surface area contributed by atoms with Crippen LogP contribution < -0.4 is 24.4 Å². The summed E-state index contributed by atoms with van der Waals surface area (Å²) in [5, 5.41) is 0. The van der Waals surface area contributed by atoms with Crippen molar-refractivity contribution < 1.29 is 28.5 Å². The molecule has 1 aliphatic heterocycles. The molecule has 4 aromatic rings. The SMILES string of the molecule is CCOC(=O)C1=C(C)N=c2s/c(=C\c3ccc(OCc4ccc(C(=O)OCC)cc4)cc3)c(=O)n2[C@@H]1c1ccc(OCC)cc1. The van der Waals surface area contributed by atoms with Crippen LogP contribution in [0, 0.1) is 0 Å². The lowest BCUT2D eigenvalue weighted by Gasteiger charge is -2.24. The van der Waals surface area contributed by atoms with E-state index in [1.807, 2.05) is 67.6 Å². The summed E-state index contributed by atoms with van der Waals surface area (Å²) in [4.78, 5) is 44.0. The van der Waals surface area contributed by atoms with Crippen LogP contribution in [0.25, 0.3) is 6.08 Å². The van der Waals surface area contributed by atoms with E-state index in [0.717, 1.165) is 16.7 Å². The first-order valence-corrected chi connectivity index (χ1v) is 15.6. The van der Waals surface area contributed by atoms with Crippen LogP contribution >= 0.6 is 11.3 Å². The summed E-state index contributed by atoms with van der Waals surface area (Å²) < 4.78 is 24.0. The highest BCUT2D eigenvalue weighted by atomic mass is 32.1. The Bertz CT molecular complexity index is 1890. The maximum atomic E-state index is 13.9. The number of carbonyl (C=O) groups excluding carboxylic acids is 2. The summed E-state index contributed by atoms with van der Waals surface area (Å²) in [7, 11) is 0. The molecule has 0 bridgehead atoms. The monoisotopic (exact) mass is 626 g/mol. The molecule has 45 heavy (non-hydrogen) atoms. The number of esters is 2. The number of aromatic nitrogens is 1. The minimum Gasteiger partial charge on any atom is -0.494 e. The van der Waals surface area contributed by atoms with Gasteiger partial charge < -0.3 is 18.9 Å². The Morgan fingerprint density at radius 2 is 1.44 bits per heavy atom. The second kappa shape index (κ2) is 14.2. The van der Waals surface area contributed by atoms with E-state index in [1.54, 1.807) is 43.5 Å². The molecule has 9 nitrogen and oxygen atoms in total. The molecule has 2 heterocycles. The van der Waals surface area contributed by atoms with Gasteiger partial charge in [0.2, 0.25) is 0 Å². The number of carbonyl (C=O) groups is 2. The zero-order valence-corrected chi connectivity index (χ0v) is 26.4. The van der Waals surface area contributed by atoms with Gasteiger partial charge in [0.1, 0.15) is 18.1 Å². The number of ether oxygens (including phenoxy) is 4. The second-order valence-corrected chi connectivity index (χ2v) is 11.1. The maximum Gasteiger partial charge on any atom is 0.338 e. The first kappa shape index (κ1) is 31.5. The summed E-state index contributed by atoms with van der Waals surface area (Å²) in [5.74, 6) is 0.506. The molecule has 0 unspecified atom stereocenters. The first-order valence-electron chi connectivity index (χ1n) is 14.7. The predicted molar refractivity (Wildman–Crippen MR) is 171 cm³/mol. The lowest BCUT2D eigenvalue weighted by atomic mass is 9.96. The zero-order valence-electron chi connectivity index (χ0n) is 25.6. The highest BCUT2D eigenvalue weighted by Gasteiger charge is 2.33. The molecule has 0 N–H and O–H groups in total.